The van der Waals surface area contributed by atoms with Gasteiger partial charge in [-0.3, -0.25) is 4.79 Å². The van der Waals surface area contributed by atoms with Crippen molar-refractivity contribution in [1.82, 2.24) is 4.98 Å². The van der Waals surface area contributed by atoms with Crippen molar-refractivity contribution in [2.24, 2.45) is 0 Å². The van der Waals surface area contributed by atoms with Crippen LogP contribution in [0.3, 0.4) is 0 Å². The van der Waals surface area contributed by atoms with E-state index in [0.29, 0.717) is 18.7 Å². The van der Waals surface area contributed by atoms with Crippen molar-refractivity contribution in [2.45, 2.75) is 32.6 Å². The average molecular weight is 356 g/mol. The molecule has 1 amide bonds. The van der Waals surface area contributed by atoms with Crippen LogP contribution < -0.4 is 5.32 Å². The molecule has 134 valence electrons. The van der Waals surface area contributed by atoms with Gasteiger partial charge in [0.15, 0.2) is 11.5 Å². The standard InChI is InChI=1S/C23H20N2O2/c1-14-5-10-20-19(13-14)25-22(27-20)12-11-21(26)24-18-9-8-16-7-6-15-3-2-4-17(18)23(15)16/h2-5,8-10,13H,6-7,11-12H2,1H3,(H,24,26). The van der Waals surface area contributed by atoms with Crippen molar-refractivity contribution >= 4 is 33.5 Å². The maximum absolute atomic E-state index is 12.5. The molecule has 4 nitrogen and oxygen atoms in total. The number of aromatic nitrogens is 1. The van der Waals surface area contributed by atoms with Gasteiger partial charge in [0, 0.05) is 23.9 Å². The monoisotopic (exact) mass is 356 g/mol. The third-order valence-corrected chi connectivity index (χ3v) is 5.30. The summed E-state index contributed by atoms with van der Waals surface area (Å²) in [4.78, 5) is 17.0. The highest BCUT2D eigenvalue weighted by atomic mass is 16.3. The van der Waals surface area contributed by atoms with Crippen LogP contribution in [0.2, 0.25) is 0 Å². The Kier molecular flexibility index (Phi) is 3.71. The smallest absolute Gasteiger partial charge is 0.224 e. The van der Waals surface area contributed by atoms with E-state index in [-0.39, 0.29) is 5.91 Å². The second-order valence-corrected chi connectivity index (χ2v) is 7.24. The fraction of sp³-hybridized carbons (Fsp3) is 0.217. The Morgan fingerprint density at radius 2 is 1.96 bits per heavy atom. The molecule has 1 N–H and O–H groups in total. The molecule has 1 aliphatic rings. The highest BCUT2D eigenvalue weighted by Crippen LogP contribution is 2.35. The van der Waals surface area contributed by atoms with Crippen LogP contribution >= 0.6 is 0 Å². The first-order valence-electron chi connectivity index (χ1n) is 9.37. The number of fused-ring (bicyclic) bond motifs is 1. The number of amides is 1. The number of carbonyl (C=O) groups is 1. The molecule has 0 bridgehead atoms. The first-order valence-corrected chi connectivity index (χ1v) is 9.37. The summed E-state index contributed by atoms with van der Waals surface area (Å²) in [5.74, 6) is 0.582. The van der Waals surface area contributed by atoms with Crippen molar-refractivity contribution in [1.29, 1.82) is 0 Å². The molecule has 4 heteroatoms. The van der Waals surface area contributed by atoms with E-state index in [4.69, 9.17) is 4.42 Å². The Balaban J connectivity index is 1.33. The number of nitrogens with one attached hydrogen (secondary N) is 1. The Labute approximate surface area is 157 Å². The molecular weight excluding hydrogens is 336 g/mol. The van der Waals surface area contributed by atoms with E-state index >= 15 is 0 Å². The van der Waals surface area contributed by atoms with Gasteiger partial charge in [-0.1, -0.05) is 30.3 Å². The maximum atomic E-state index is 12.5. The second-order valence-electron chi connectivity index (χ2n) is 7.24. The lowest BCUT2D eigenvalue weighted by molar-refractivity contribution is -0.116. The predicted molar refractivity (Wildman–Crippen MR) is 107 cm³/mol. The summed E-state index contributed by atoms with van der Waals surface area (Å²) in [5, 5.41) is 5.51. The van der Waals surface area contributed by atoms with Gasteiger partial charge in [0.25, 0.3) is 0 Å². The van der Waals surface area contributed by atoms with Crippen LogP contribution in [-0.4, -0.2) is 10.9 Å². The first-order chi connectivity index (χ1) is 13.2. The summed E-state index contributed by atoms with van der Waals surface area (Å²) >= 11 is 0. The molecule has 0 aliphatic heterocycles. The number of hydrogen-bond donors (Lipinski definition) is 1. The summed E-state index contributed by atoms with van der Waals surface area (Å²) in [7, 11) is 0. The van der Waals surface area contributed by atoms with Gasteiger partial charge in [0.05, 0.1) is 0 Å². The van der Waals surface area contributed by atoms with E-state index in [1.807, 2.05) is 31.2 Å². The highest BCUT2D eigenvalue weighted by Gasteiger charge is 2.17. The average Bonchev–Trinajstić information content (AvgIpc) is 3.27. The molecular formula is C23H20N2O2. The molecule has 0 unspecified atom stereocenters. The number of benzene rings is 3. The van der Waals surface area contributed by atoms with Crippen molar-refractivity contribution in [3.8, 4) is 0 Å². The first kappa shape index (κ1) is 16.1. The van der Waals surface area contributed by atoms with Gasteiger partial charge in [0.2, 0.25) is 5.91 Å². The summed E-state index contributed by atoms with van der Waals surface area (Å²) in [6, 6.07) is 16.4. The highest BCUT2D eigenvalue weighted by molar-refractivity contribution is 6.05. The van der Waals surface area contributed by atoms with Gasteiger partial charge in [-0.05, 0) is 60.0 Å². The number of aryl methyl sites for hydroxylation is 4. The van der Waals surface area contributed by atoms with Crippen LogP contribution in [0, 0.1) is 6.92 Å². The number of hydrogen-bond acceptors (Lipinski definition) is 3. The van der Waals surface area contributed by atoms with Crippen molar-refractivity contribution in [2.75, 3.05) is 5.32 Å². The van der Waals surface area contributed by atoms with Crippen LogP contribution in [0.15, 0.2) is 52.9 Å². The topological polar surface area (TPSA) is 55.1 Å². The van der Waals surface area contributed by atoms with Gasteiger partial charge in [0.1, 0.15) is 5.52 Å². The lowest BCUT2D eigenvalue weighted by Gasteiger charge is -2.10. The van der Waals surface area contributed by atoms with E-state index in [1.54, 1.807) is 0 Å². The minimum absolute atomic E-state index is 0.0212. The zero-order valence-corrected chi connectivity index (χ0v) is 15.2. The number of nitrogens with zero attached hydrogens (tertiary/aromatic N) is 1. The van der Waals surface area contributed by atoms with Crippen molar-refractivity contribution in [3.05, 3.63) is 71.1 Å². The van der Waals surface area contributed by atoms with E-state index in [9.17, 15) is 4.79 Å². The molecule has 1 heterocycles. The summed E-state index contributed by atoms with van der Waals surface area (Å²) in [5.41, 5.74) is 6.39. The fourth-order valence-corrected chi connectivity index (χ4v) is 3.98. The molecule has 0 saturated heterocycles. The third kappa shape index (κ3) is 2.87. The number of anilines is 1. The SMILES string of the molecule is Cc1ccc2oc(CCC(=O)Nc3ccc4c5c(cccc35)CC4)nc2c1. The van der Waals surface area contributed by atoms with E-state index < -0.39 is 0 Å². The molecule has 27 heavy (non-hydrogen) atoms. The van der Waals surface area contributed by atoms with E-state index in [0.717, 1.165) is 40.6 Å². The Hall–Kier alpha value is -3.14. The van der Waals surface area contributed by atoms with Crippen molar-refractivity contribution < 1.29 is 9.21 Å². The van der Waals surface area contributed by atoms with Crippen LogP contribution in [0.1, 0.15) is 29.0 Å². The van der Waals surface area contributed by atoms with Crippen LogP contribution in [0.4, 0.5) is 5.69 Å². The molecule has 0 fully saturated rings. The van der Waals surface area contributed by atoms with Crippen LogP contribution in [0.25, 0.3) is 21.9 Å². The Bertz CT molecular complexity index is 1180. The molecule has 1 aromatic heterocycles. The molecule has 3 aromatic carbocycles. The fourth-order valence-electron chi connectivity index (χ4n) is 3.98. The normalized spacial score (nSPS) is 12.8. The Morgan fingerprint density at radius 3 is 2.85 bits per heavy atom. The van der Waals surface area contributed by atoms with Crippen molar-refractivity contribution in [3.63, 3.8) is 0 Å². The quantitative estimate of drug-likeness (QED) is 0.562. The van der Waals surface area contributed by atoms with Gasteiger partial charge in [-0.15, -0.1) is 0 Å². The summed E-state index contributed by atoms with van der Waals surface area (Å²) in [6.45, 7) is 2.03. The molecule has 0 atom stereocenters. The van der Waals surface area contributed by atoms with Gasteiger partial charge < -0.3 is 9.73 Å². The third-order valence-electron chi connectivity index (χ3n) is 5.30. The molecule has 5 rings (SSSR count). The predicted octanol–water partition coefficient (Wildman–Crippen LogP) is 4.96. The van der Waals surface area contributed by atoms with Crippen LogP contribution in [-0.2, 0) is 24.1 Å². The zero-order valence-electron chi connectivity index (χ0n) is 15.2. The molecule has 0 saturated carbocycles. The van der Waals surface area contributed by atoms with Crippen LogP contribution in [0.5, 0.6) is 0 Å². The lowest BCUT2D eigenvalue weighted by atomic mass is 10.0. The minimum atomic E-state index is -0.0212. The molecule has 1 aliphatic carbocycles. The van der Waals surface area contributed by atoms with E-state index in [1.165, 1.54) is 16.5 Å². The summed E-state index contributed by atoms with van der Waals surface area (Å²) in [6.07, 6.45) is 3.00. The molecule has 0 spiro atoms. The summed E-state index contributed by atoms with van der Waals surface area (Å²) < 4.78 is 5.74. The Morgan fingerprint density at radius 1 is 1.11 bits per heavy atom. The zero-order chi connectivity index (χ0) is 18.4. The number of rotatable bonds is 4. The van der Waals surface area contributed by atoms with Gasteiger partial charge >= 0.3 is 0 Å². The van der Waals surface area contributed by atoms with E-state index in [2.05, 4.69) is 34.6 Å². The maximum Gasteiger partial charge on any atom is 0.224 e. The molecule has 4 aromatic rings. The van der Waals surface area contributed by atoms with Gasteiger partial charge in [-0.25, -0.2) is 4.98 Å². The van der Waals surface area contributed by atoms with Gasteiger partial charge in [-0.2, -0.15) is 0 Å². The number of carbonyl (C=O) groups excluding carboxylic acids is 1. The number of oxazole rings is 1. The minimum Gasteiger partial charge on any atom is -0.441 e. The largest absolute Gasteiger partial charge is 0.441 e. The molecule has 0 radical (unpaired) electrons. The second kappa shape index (κ2) is 6.23. The lowest BCUT2D eigenvalue weighted by Crippen LogP contribution is -2.12.